The molecule has 0 aliphatic heterocycles. The van der Waals surface area contributed by atoms with Crippen molar-refractivity contribution < 1.29 is 23.1 Å². The summed E-state index contributed by atoms with van der Waals surface area (Å²) < 4.78 is 27.9. The minimum atomic E-state index is -3.94. The van der Waals surface area contributed by atoms with E-state index in [0.717, 1.165) is 11.3 Å². The maximum absolute atomic E-state index is 12.8. The van der Waals surface area contributed by atoms with Crippen molar-refractivity contribution in [1.29, 1.82) is 0 Å². The summed E-state index contributed by atoms with van der Waals surface area (Å²) in [5.74, 6) is -1.42. The van der Waals surface area contributed by atoms with Crippen LogP contribution in [0.25, 0.3) is 10.4 Å². The van der Waals surface area contributed by atoms with Gasteiger partial charge in [-0.15, -0.1) is 11.3 Å². The summed E-state index contributed by atoms with van der Waals surface area (Å²) in [6, 6.07) is 14.8. The first-order valence-corrected chi connectivity index (χ1v) is 10.8. The summed E-state index contributed by atoms with van der Waals surface area (Å²) >= 11 is 0.967. The summed E-state index contributed by atoms with van der Waals surface area (Å²) in [5.41, 5.74) is 1.87. The smallest absolute Gasteiger partial charge is 0.348 e. The zero-order valence-corrected chi connectivity index (χ0v) is 17.2. The summed E-state index contributed by atoms with van der Waals surface area (Å²) in [6.07, 6.45) is 0. The number of rotatable bonds is 6. The fraction of sp³-hybridized carbons (Fsp3) is 0.100. The van der Waals surface area contributed by atoms with Gasteiger partial charge in [0.25, 0.3) is 10.0 Å². The molecule has 29 heavy (non-hydrogen) atoms. The first-order chi connectivity index (χ1) is 13.7. The van der Waals surface area contributed by atoms with E-state index in [9.17, 15) is 23.1 Å². The van der Waals surface area contributed by atoms with Crippen molar-refractivity contribution in [2.75, 3.05) is 10.0 Å². The molecule has 1 amide bonds. The number of hydrogen-bond donors (Lipinski definition) is 3. The highest BCUT2D eigenvalue weighted by Gasteiger charge is 2.23. The van der Waals surface area contributed by atoms with Crippen molar-refractivity contribution in [3.8, 4) is 10.4 Å². The van der Waals surface area contributed by atoms with E-state index >= 15 is 0 Å². The summed E-state index contributed by atoms with van der Waals surface area (Å²) in [6.45, 7) is 3.07. The lowest BCUT2D eigenvalue weighted by molar-refractivity contribution is -0.114. The van der Waals surface area contributed by atoms with Gasteiger partial charge in [0, 0.05) is 17.5 Å². The number of carbonyl (C=O) groups excluding carboxylic acids is 1. The Bertz CT molecular complexity index is 1180. The van der Waals surface area contributed by atoms with Gasteiger partial charge < -0.3 is 10.4 Å². The van der Waals surface area contributed by atoms with Crippen molar-refractivity contribution >= 4 is 44.6 Å². The lowest BCUT2D eigenvalue weighted by Crippen LogP contribution is -2.15. The van der Waals surface area contributed by atoms with Gasteiger partial charge in [0.1, 0.15) is 4.88 Å². The lowest BCUT2D eigenvalue weighted by Gasteiger charge is -2.09. The molecule has 0 saturated heterocycles. The predicted octanol–water partition coefficient (Wildman–Crippen LogP) is 4.18. The van der Waals surface area contributed by atoms with E-state index in [1.807, 2.05) is 0 Å². The molecule has 0 fully saturated rings. The highest BCUT2D eigenvalue weighted by atomic mass is 32.2. The van der Waals surface area contributed by atoms with Crippen molar-refractivity contribution in [3.63, 3.8) is 0 Å². The fourth-order valence-electron chi connectivity index (χ4n) is 2.75. The Morgan fingerprint density at radius 3 is 2.28 bits per heavy atom. The fourth-order valence-corrected chi connectivity index (χ4v) is 5.08. The molecule has 3 N–H and O–H groups in total. The van der Waals surface area contributed by atoms with Crippen LogP contribution < -0.4 is 10.0 Å². The average Bonchev–Trinajstić information content (AvgIpc) is 3.05. The highest BCUT2D eigenvalue weighted by Crippen LogP contribution is 2.36. The van der Waals surface area contributed by atoms with Crippen molar-refractivity contribution in [1.82, 2.24) is 0 Å². The number of amides is 1. The molecule has 9 heteroatoms. The van der Waals surface area contributed by atoms with Gasteiger partial charge in [-0.1, -0.05) is 30.3 Å². The van der Waals surface area contributed by atoms with E-state index < -0.39 is 16.0 Å². The van der Waals surface area contributed by atoms with Crippen molar-refractivity contribution in [2.24, 2.45) is 0 Å². The molecule has 0 aliphatic carbocycles. The molecule has 0 radical (unpaired) electrons. The van der Waals surface area contributed by atoms with Gasteiger partial charge in [0.15, 0.2) is 0 Å². The monoisotopic (exact) mass is 430 g/mol. The molecule has 7 nitrogen and oxygen atoms in total. The molecule has 0 unspecified atom stereocenters. The van der Waals surface area contributed by atoms with Crippen molar-refractivity contribution in [3.05, 3.63) is 65.0 Å². The molecule has 1 heterocycles. The normalized spacial score (nSPS) is 11.1. The number of carboxylic acid groups (broad SMARTS) is 1. The minimum absolute atomic E-state index is 0.00619. The Balaban J connectivity index is 1.96. The quantitative estimate of drug-likeness (QED) is 0.543. The van der Waals surface area contributed by atoms with Gasteiger partial charge in [-0.05, 0) is 42.3 Å². The number of carbonyl (C=O) groups is 2. The summed E-state index contributed by atoms with van der Waals surface area (Å²) in [7, 11) is -3.94. The SMILES string of the molecule is CC(=O)Nc1ccc(-c2cc(NS(=O)(=O)c3ccccc3C)c(C(=O)O)s2)cc1. The zero-order valence-electron chi connectivity index (χ0n) is 15.6. The van der Waals surface area contributed by atoms with Crippen LogP contribution in [0, 0.1) is 6.92 Å². The molecule has 3 rings (SSSR count). The molecular weight excluding hydrogens is 412 g/mol. The average molecular weight is 431 g/mol. The second-order valence-corrected chi connectivity index (χ2v) is 8.99. The second kappa shape index (κ2) is 8.06. The van der Waals surface area contributed by atoms with Gasteiger partial charge in [-0.3, -0.25) is 9.52 Å². The Hall–Kier alpha value is -3.17. The van der Waals surface area contributed by atoms with E-state index in [-0.39, 0.29) is 21.4 Å². The van der Waals surface area contributed by atoms with Crippen LogP contribution >= 0.6 is 11.3 Å². The molecule has 0 spiro atoms. The molecule has 2 aromatic carbocycles. The maximum Gasteiger partial charge on any atom is 0.348 e. The topological polar surface area (TPSA) is 113 Å². The first kappa shape index (κ1) is 20.6. The first-order valence-electron chi connectivity index (χ1n) is 8.51. The van der Waals surface area contributed by atoms with E-state index in [1.54, 1.807) is 49.4 Å². The number of carboxylic acids is 1. The van der Waals surface area contributed by atoms with Crippen LogP contribution in [0.2, 0.25) is 0 Å². The number of benzene rings is 2. The standard InChI is InChI=1S/C20H18N2O5S2/c1-12-5-3-4-6-18(12)29(26,27)22-16-11-17(28-19(16)20(24)25)14-7-9-15(10-8-14)21-13(2)23/h3-11,22H,1-2H3,(H,21,23)(H,24,25). The van der Waals surface area contributed by atoms with Crippen molar-refractivity contribution in [2.45, 2.75) is 18.7 Å². The number of thiophene rings is 1. The lowest BCUT2D eigenvalue weighted by atomic mass is 10.1. The number of aryl methyl sites for hydroxylation is 1. The van der Waals surface area contributed by atoms with E-state index in [0.29, 0.717) is 21.7 Å². The number of hydrogen-bond acceptors (Lipinski definition) is 5. The van der Waals surface area contributed by atoms with E-state index in [1.165, 1.54) is 19.1 Å². The highest BCUT2D eigenvalue weighted by molar-refractivity contribution is 7.92. The Morgan fingerprint density at radius 2 is 1.69 bits per heavy atom. The molecule has 0 aliphatic rings. The molecule has 1 aromatic heterocycles. The number of nitrogens with one attached hydrogen (secondary N) is 2. The van der Waals surface area contributed by atoms with Gasteiger partial charge in [-0.25, -0.2) is 13.2 Å². The maximum atomic E-state index is 12.8. The largest absolute Gasteiger partial charge is 0.477 e. The Kier molecular flexibility index (Phi) is 5.71. The van der Waals surface area contributed by atoms with E-state index in [2.05, 4.69) is 10.0 Å². The Morgan fingerprint density at radius 1 is 1.03 bits per heavy atom. The van der Waals surface area contributed by atoms with Gasteiger partial charge >= 0.3 is 5.97 Å². The van der Waals surface area contributed by atoms with Gasteiger partial charge in [-0.2, -0.15) is 0 Å². The van der Waals surface area contributed by atoms with Crippen LogP contribution in [-0.2, 0) is 14.8 Å². The van der Waals surface area contributed by atoms with E-state index in [4.69, 9.17) is 0 Å². The van der Waals surface area contributed by atoms with Crippen LogP contribution in [0.3, 0.4) is 0 Å². The van der Waals surface area contributed by atoms with Crippen LogP contribution in [0.15, 0.2) is 59.5 Å². The molecule has 3 aromatic rings. The summed E-state index contributed by atoms with van der Waals surface area (Å²) in [5, 5.41) is 12.2. The Labute approximate surface area is 172 Å². The number of anilines is 2. The van der Waals surface area contributed by atoms with Crippen LogP contribution in [0.5, 0.6) is 0 Å². The number of aromatic carboxylic acids is 1. The third-order valence-electron chi connectivity index (χ3n) is 4.04. The predicted molar refractivity (Wildman–Crippen MR) is 113 cm³/mol. The van der Waals surface area contributed by atoms with Crippen LogP contribution in [0.4, 0.5) is 11.4 Å². The molecule has 150 valence electrons. The van der Waals surface area contributed by atoms with Gasteiger partial charge in [0.05, 0.1) is 10.6 Å². The van der Waals surface area contributed by atoms with Gasteiger partial charge in [0.2, 0.25) is 5.91 Å². The van der Waals surface area contributed by atoms with Crippen LogP contribution in [0.1, 0.15) is 22.2 Å². The number of sulfonamides is 1. The van der Waals surface area contributed by atoms with Crippen LogP contribution in [-0.4, -0.2) is 25.4 Å². The summed E-state index contributed by atoms with van der Waals surface area (Å²) in [4.78, 5) is 23.3. The molecule has 0 atom stereocenters. The molecule has 0 bridgehead atoms. The minimum Gasteiger partial charge on any atom is -0.477 e. The molecular formula is C20H18N2O5S2. The third-order valence-corrected chi connectivity index (χ3v) is 6.74. The molecule has 0 saturated carbocycles. The third kappa shape index (κ3) is 4.64. The second-order valence-electron chi connectivity index (χ2n) is 6.29. The zero-order chi connectivity index (χ0) is 21.2.